The van der Waals surface area contributed by atoms with Gasteiger partial charge in [0.25, 0.3) is 0 Å². The second-order valence-corrected chi connectivity index (χ2v) is 4.60. The van der Waals surface area contributed by atoms with E-state index in [1.165, 1.54) is 28.6 Å². The highest BCUT2D eigenvalue weighted by Gasteiger charge is 2.46. The summed E-state index contributed by atoms with van der Waals surface area (Å²) in [5.41, 5.74) is -5.64. The van der Waals surface area contributed by atoms with E-state index in [2.05, 4.69) is 4.40 Å². The van der Waals surface area contributed by atoms with Crippen LogP contribution < -0.4 is 5.62 Å². The first-order valence-corrected chi connectivity index (χ1v) is 5.72. The molecule has 1 heterocycles. The van der Waals surface area contributed by atoms with Crippen molar-refractivity contribution >= 4 is 10.0 Å². The highest BCUT2D eigenvalue weighted by molar-refractivity contribution is 7.90. The van der Waals surface area contributed by atoms with Gasteiger partial charge < -0.3 is 9.13 Å². The number of nitrogens with zero attached hydrogens (tertiary/aromatic N) is 3. The lowest BCUT2D eigenvalue weighted by atomic mass is 10.7. The van der Waals surface area contributed by atoms with Gasteiger partial charge in [0.15, 0.2) is 0 Å². The van der Waals surface area contributed by atoms with Crippen LogP contribution in [-0.4, -0.2) is 23.1 Å². The first-order chi connectivity index (χ1) is 7.19. The fourth-order valence-electron chi connectivity index (χ4n) is 1.04. The maximum absolute atomic E-state index is 12.1. The fourth-order valence-corrected chi connectivity index (χ4v) is 1.59. The Labute approximate surface area is 89.9 Å². The Kier molecular flexibility index (Phi) is 3.17. The monoisotopic (exact) mass is 257 g/mol. The average molecular weight is 257 g/mol. The summed E-state index contributed by atoms with van der Waals surface area (Å²) in [5.74, 6) is 0. The minimum Gasteiger partial charge on any atom is -0.320 e. The van der Waals surface area contributed by atoms with Crippen molar-refractivity contribution in [1.82, 2.24) is 9.13 Å². The molecule has 0 aliphatic heterocycles. The summed E-state index contributed by atoms with van der Waals surface area (Å²) in [5, 5.41) is 0. The zero-order chi connectivity index (χ0) is 12.6. The smallest absolute Gasteiger partial charge is 0.320 e. The molecule has 0 saturated carbocycles. The molecular weight excluding hydrogens is 247 g/mol. The van der Waals surface area contributed by atoms with Crippen LogP contribution in [0.5, 0.6) is 0 Å². The van der Waals surface area contributed by atoms with Crippen LogP contribution in [0.4, 0.5) is 13.2 Å². The molecule has 0 aliphatic rings. The molecule has 0 fully saturated rings. The van der Waals surface area contributed by atoms with Crippen LogP contribution >= 0.6 is 0 Å². The molecule has 0 radical (unpaired) electrons. The Morgan fingerprint density at radius 3 is 2.38 bits per heavy atom. The third kappa shape index (κ3) is 2.29. The van der Waals surface area contributed by atoms with Crippen molar-refractivity contribution in [2.45, 2.75) is 19.0 Å². The number of alkyl halides is 3. The van der Waals surface area contributed by atoms with Gasteiger partial charge in [-0.2, -0.15) is 21.6 Å². The quantitative estimate of drug-likeness (QED) is 0.779. The van der Waals surface area contributed by atoms with Crippen LogP contribution in [0.25, 0.3) is 0 Å². The number of imidazole rings is 1. The maximum Gasteiger partial charge on any atom is 0.518 e. The summed E-state index contributed by atoms with van der Waals surface area (Å²) in [4.78, 5) is 0. The van der Waals surface area contributed by atoms with Gasteiger partial charge in [-0.05, 0) is 6.92 Å². The van der Waals surface area contributed by atoms with Crippen LogP contribution in [0.1, 0.15) is 6.92 Å². The van der Waals surface area contributed by atoms with Gasteiger partial charge in [-0.1, -0.05) is 0 Å². The standard InChI is InChI=1S/C7H10F3N3O2S/c1-3-13-5-4-12(2)6(13)11-16(14,15)7(8,9)10/h4-5H,3H2,1-2H3. The highest BCUT2D eigenvalue weighted by atomic mass is 32.2. The maximum atomic E-state index is 12.1. The number of aromatic nitrogens is 2. The van der Waals surface area contributed by atoms with E-state index in [-0.39, 0.29) is 5.62 Å². The van der Waals surface area contributed by atoms with E-state index in [9.17, 15) is 21.6 Å². The van der Waals surface area contributed by atoms with Crippen LogP contribution in [0, 0.1) is 0 Å². The molecule has 1 aromatic heterocycles. The van der Waals surface area contributed by atoms with Crippen molar-refractivity contribution in [2.75, 3.05) is 0 Å². The second kappa shape index (κ2) is 3.96. The van der Waals surface area contributed by atoms with Crippen molar-refractivity contribution in [3.63, 3.8) is 0 Å². The number of aryl methyl sites for hydroxylation is 2. The van der Waals surface area contributed by atoms with Gasteiger partial charge in [-0.25, -0.2) is 0 Å². The molecule has 16 heavy (non-hydrogen) atoms. The van der Waals surface area contributed by atoms with Crippen molar-refractivity contribution in [3.05, 3.63) is 18.0 Å². The number of rotatable bonds is 2. The zero-order valence-corrected chi connectivity index (χ0v) is 9.38. The fraction of sp³-hybridized carbons (Fsp3) is 0.571. The van der Waals surface area contributed by atoms with E-state index in [4.69, 9.17) is 0 Å². The van der Waals surface area contributed by atoms with Gasteiger partial charge in [0.2, 0.25) is 5.62 Å². The number of sulfonamides is 1. The lowest BCUT2D eigenvalue weighted by molar-refractivity contribution is -0.0436. The van der Waals surface area contributed by atoms with E-state index in [1.54, 1.807) is 6.92 Å². The lowest BCUT2D eigenvalue weighted by Crippen LogP contribution is -2.30. The van der Waals surface area contributed by atoms with Crippen molar-refractivity contribution in [1.29, 1.82) is 0 Å². The second-order valence-electron chi connectivity index (χ2n) is 3.01. The topological polar surface area (TPSA) is 56.4 Å². The van der Waals surface area contributed by atoms with Gasteiger partial charge in [-0.3, -0.25) is 0 Å². The molecule has 0 aliphatic carbocycles. The number of halogens is 3. The molecular formula is C7H10F3N3O2S. The number of hydrogen-bond donors (Lipinski definition) is 0. The summed E-state index contributed by atoms with van der Waals surface area (Å²) in [6.45, 7) is 1.99. The third-order valence-electron chi connectivity index (χ3n) is 1.88. The zero-order valence-electron chi connectivity index (χ0n) is 8.56. The van der Waals surface area contributed by atoms with E-state index >= 15 is 0 Å². The highest BCUT2D eigenvalue weighted by Crippen LogP contribution is 2.23. The SMILES string of the molecule is CCn1ccn(C)c1=NS(=O)(=O)C(F)(F)F. The molecule has 1 aromatic rings. The lowest BCUT2D eigenvalue weighted by Gasteiger charge is -2.03. The van der Waals surface area contributed by atoms with E-state index in [0.29, 0.717) is 6.54 Å². The summed E-state index contributed by atoms with van der Waals surface area (Å²) in [6.07, 6.45) is 2.87. The molecule has 0 saturated heterocycles. The Morgan fingerprint density at radius 1 is 1.38 bits per heavy atom. The molecule has 0 amide bonds. The van der Waals surface area contributed by atoms with Crippen molar-refractivity contribution in [2.24, 2.45) is 11.4 Å². The van der Waals surface area contributed by atoms with E-state index < -0.39 is 15.5 Å². The molecule has 0 aromatic carbocycles. The van der Waals surface area contributed by atoms with Gasteiger partial charge in [-0.15, -0.1) is 4.40 Å². The Bertz CT molecular complexity index is 538. The molecule has 0 atom stereocenters. The predicted molar refractivity (Wildman–Crippen MR) is 49.6 cm³/mol. The molecule has 92 valence electrons. The van der Waals surface area contributed by atoms with Gasteiger partial charge in [0.05, 0.1) is 0 Å². The Hall–Kier alpha value is -1.25. The molecule has 0 bridgehead atoms. The summed E-state index contributed by atoms with van der Waals surface area (Å²) >= 11 is 0. The van der Waals surface area contributed by atoms with Crippen LogP contribution in [-0.2, 0) is 23.6 Å². The summed E-state index contributed by atoms with van der Waals surface area (Å²) in [6, 6.07) is 0. The molecule has 0 N–H and O–H groups in total. The molecule has 5 nitrogen and oxygen atoms in total. The first kappa shape index (κ1) is 12.8. The largest absolute Gasteiger partial charge is 0.518 e. The van der Waals surface area contributed by atoms with Gasteiger partial charge in [0, 0.05) is 26.0 Å². The predicted octanol–water partition coefficient (Wildman–Crippen LogP) is 0.597. The van der Waals surface area contributed by atoms with E-state index in [1.807, 2.05) is 0 Å². The average Bonchev–Trinajstić information content (AvgIpc) is 2.45. The first-order valence-electron chi connectivity index (χ1n) is 4.28. The van der Waals surface area contributed by atoms with E-state index in [0.717, 1.165) is 0 Å². The molecule has 0 spiro atoms. The van der Waals surface area contributed by atoms with Gasteiger partial charge in [0.1, 0.15) is 0 Å². The Balaban J connectivity index is 3.45. The normalized spacial score (nSPS) is 14.4. The van der Waals surface area contributed by atoms with Crippen molar-refractivity contribution < 1.29 is 21.6 Å². The minimum atomic E-state index is -5.49. The van der Waals surface area contributed by atoms with Gasteiger partial charge >= 0.3 is 15.5 Å². The third-order valence-corrected chi connectivity index (χ3v) is 2.87. The summed E-state index contributed by atoms with van der Waals surface area (Å²) in [7, 11) is -4.08. The van der Waals surface area contributed by atoms with Crippen LogP contribution in [0.3, 0.4) is 0 Å². The minimum absolute atomic E-state index is 0.264. The summed E-state index contributed by atoms with van der Waals surface area (Å²) < 4.78 is 63.2. The van der Waals surface area contributed by atoms with Crippen molar-refractivity contribution in [3.8, 4) is 0 Å². The molecule has 0 unspecified atom stereocenters. The molecule has 1 rings (SSSR count). The number of hydrogen-bond acceptors (Lipinski definition) is 2. The van der Waals surface area contributed by atoms with Crippen LogP contribution in [0.2, 0.25) is 0 Å². The van der Waals surface area contributed by atoms with Crippen LogP contribution in [0.15, 0.2) is 16.8 Å². The Morgan fingerprint density at radius 2 is 1.94 bits per heavy atom. The molecule has 9 heteroatoms.